The van der Waals surface area contributed by atoms with Crippen LogP contribution < -0.4 is 5.32 Å². The molecule has 2 heterocycles. The lowest BCUT2D eigenvalue weighted by Gasteiger charge is -2.07. The number of rotatable bonds is 3. The zero-order chi connectivity index (χ0) is 18.1. The highest BCUT2D eigenvalue weighted by Crippen LogP contribution is 2.23. The topological polar surface area (TPSA) is 46.4 Å². The summed E-state index contributed by atoms with van der Waals surface area (Å²) in [4.78, 5) is 17.1. The minimum atomic E-state index is -0.144. The first-order valence-electron chi connectivity index (χ1n) is 8.21. The third-order valence-electron chi connectivity index (χ3n) is 4.12. The van der Waals surface area contributed by atoms with Gasteiger partial charge >= 0.3 is 0 Å². The Morgan fingerprint density at radius 3 is 2.77 bits per heavy atom. The van der Waals surface area contributed by atoms with E-state index in [0.29, 0.717) is 5.56 Å². The van der Waals surface area contributed by atoms with E-state index < -0.39 is 0 Å². The highest BCUT2D eigenvalue weighted by Gasteiger charge is 2.09. The predicted octanol–water partition coefficient (Wildman–Crippen LogP) is 5.32. The Bertz CT molecular complexity index is 1120. The Morgan fingerprint density at radius 2 is 1.92 bits per heavy atom. The lowest BCUT2D eigenvalue weighted by atomic mass is 10.1. The molecule has 0 spiro atoms. The first-order valence-corrected chi connectivity index (χ1v) is 9.00. The SMILES string of the molecule is Cc1ccn2cc(-c3cccc(NC(=O)c4cccc(Br)c4)c3)nc2c1. The van der Waals surface area contributed by atoms with Crippen molar-refractivity contribution in [3.05, 3.63) is 88.7 Å². The molecule has 4 nitrogen and oxygen atoms in total. The third-order valence-corrected chi connectivity index (χ3v) is 4.61. The van der Waals surface area contributed by atoms with E-state index in [4.69, 9.17) is 0 Å². The van der Waals surface area contributed by atoms with E-state index in [1.165, 1.54) is 5.56 Å². The van der Waals surface area contributed by atoms with Crippen LogP contribution in [0.3, 0.4) is 0 Å². The molecule has 0 saturated carbocycles. The van der Waals surface area contributed by atoms with Gasteiger partial charge in [0.2, 0.25) is 0 Å². The minimum Gasteiger partial charge on any atom is -0.322 e. The molecule has 0 bridgehead atoms. The van der Waals surface area contributed by atoms with Crippen molar-refractivity contribution in [1.82, 2.24) is 9.38 Å². The number of pyridine rings is 1. The number of aryl methyl sites for hydroxylation is 1. The third kappa shape index (κ3) is 3.39. The second-order valence-corrected chi connectivity index (χ2v) is 7.06. The van der Waals surface area contributed by atoms with Gasteiger partial charge in [-0.1, -0.05) is 34.1 Å². The van der Waals surface area contributed by atoms with E-state index in [1.807, 2.05) is 72.2 Å². The Morgan fingerprint density at radius 1 is 1.08 bits per heavy atom. The summed E-state index contributed by atoms with van der Waals surface area (Å²) >= 11 is 3.39. The summed E-state index contributed by atoms with van der Waals surface area (Å²) in [7, 11) is 0. The molecule has 0 atom stereocenters. The number of hydrogen-bond acceptors (Lipinski definition) is 2. The summed E-state index contributed by atoms with van der Waals surface area (Å²) in [6, 6.07) is 19.1. The second-order valence-electron chi connectivity index (χ2n) is 6.14. The smallest absolute Gasteiger partial charge is 0.255 e. The zero-order valence-corrected chi connectivity index (χ0v) is 15.7. The number of aromatic nitrogens is 2. The van der Waals surface area contributed by atoms with Crippen molar-refractivity contribution < 1.29 is 4.79 Å². The van der Waals surface area contributed by atoms with E-state index in [2.05, 4.69) is 26.2 Å². The lowest BCUT2D eigenvalue weighted by Crippen LogP contribution is -2.11. The van der Waals surface area contributed by atoms with Gasteiger partial charge in [0.15, 0.2) is 0 Å². The number of halogens is 1. The summed E-state index contributed by atoms with van der Waals surface area (Å²) < 4.78 is 2.87. The van der Waals surface area contributed by atoms with Gasteiger partial charge in [0.1, 0.15) is 5.65 Å². The van der Waals surface area contributed by atoms with Crippen molar-refractivity contribution in [3.63, 3.8) is 0 Å². The molecule has 0 aliphatic rings. The van der Waals surface area contributed by atoms with E-state index in [-0.39, 0.29) is 5.91 Å². The fourth-order valence-electron chi connectivity index (χ4n) is 2.81. The standard InChI is InChI=1S/C21H16BrN3O/c1-14-8-9-25-13-19(24-20(25)10-14)15-4-3-7-18(12-15)23-21(26)16-5-2-6-17(22)11-16/h2-13H,1H3,(H,23,26). The number of carbonyl (C=O) groups is 1. The summed E-state index contributed by atoms with van der Waals surface area (Å²) in [6.45, 7) is 2.05. The number of nitrogens with one attached hydrogen (secondary N) is 1. The molecule has 0 aliphatic carbocycles. The quantitative estimate of drug-likeness (QED) is 0.500. The van der Waals surface area contributed by atoms with Gasteiger partial charge in [-0.2, -0.15) is 0 Å². The van der Waals surface area contributed by atoms with E-state index in [1.54, 1.807) is 12.1 Å². The molecule has 0 unspecified atom stereocenters. The number of fused-ring (bicyclic) bond motifs is 1. The van der Waals surface area contributed by atoms with Gasteiger partial charge in [-0.15, -0.1) is 0 Å². The lowest BCUT2D eigenvalue weighted by molar-refractivity contribution is 0.102. The molecule has 5 heteroatoms. The first-order chi connectivity index (χ1) is 12.6. The van der Waals surface area contributed by atoms with Gasteiger partial charge in [0, 0.05) is 33.7 Å². The van der Waals surface area contributed by atoms with Gasteiger partial charge in [0.05, 0.1) is 5.69 Å². The van der Waals surface area contributed by atoms with Crippen LogP contribution in [0, 0.1) is 6.92 Å². The maximum atomic E-state index is 12.4. The molecule has 0 fully saturated rings. The molecule has 128 valence electrons. The summed E-state index contributed by atoms with van der Waals surface area (Å²) in [5, 5.41) is 2.94. The van der Waals surface area contributed by atoms with Crippen LogP contribution >= 0.6 is 15.9 Å². The highest BCUT2D eigenvalue weighted by molar-refractivity contribution is 9.10. The van der Waals surface area contributed by atoms with Crippen LogP contribution in [-0.2, 0) is 0 Å². The predicted molar refractivity (Wildman–Crippen MR) is 107 cm³/mol. The molecular weight excluding hydrogens is 390 g/mol. The van der Waals surface area contributed by atoms with Crippen LogP contribution in [0.4, 0.5) is 5.69 Å². The van der Waals surface area contributed by atoms with E-state index in [0.717, 1.165) is 27.1 Å². The van der Waals surface area contributed by atoms with Crippen molar-refractivity contribution in [1.29, 1.82) is 0 Å². The van der Waals surface area contributed by atoms with E-state index >= 15 is 0 Å². The number of anilines is 1. The molecule has 0 radical (unpaired) electrons. The van der Waals surface area contributed by atoms with Crippen LogP contribution in [0.1, 0.15) is 15.9 Å². The minimum absolute atomic E-state index is 0.144. The highest BCUT2D eigenvalue weighted by atomic mass is 79.9. The van der Waals surface area contributed by atoms with Crippen LogP contribution in [0.25, 0.3) is 16.9 Å². The number of amides is 1. The van der Waals surface area contributed by atoms with Crippen LogP contribution in [-0.4, -0.2) is 15.3 Å². The van der Waals surface area contributed by atoms with Crippen molar-refractivity contribution in [2.45, 2.75) is 6.92 Å². The maximum absolute atomic E-state index is 12.4. The molecule has 1 amide bonds. The van der Waals surface area contributed by atoms with Crippen LogP contribution in [0.5, 0.6) is 0 Å². The van der Waals surface area contributed by atoms with Crippen molar-refractivity contribution >= 4 is 33.2 Å². The average molecular weight is 406 g/mol. The second kappa shape index (κ2) is 6.77. The fourth-order valence-corrected chi connectivity index (χ4v) is 3.21. The first kappa shape index (κ1) is 16.5. The van der Waals surface area contributed by atoms with Crippen molar-refractivity contribution in [3.8, 4) is 11.3 Å². The van der Waals surface area contributed by atoms with Crippen molar-refractivity contribution in [2.24, 2.45) is 0 Å². The zero-order valence-electron chi connectivity index (χ0n) is 14.1. The molecular formula is C21H16BrN3O. The molecule has 4 rings (SSSR count). The van der Waals surface area contributed by atoms with Gasteiger partial charge in [0.25, 0.3) is 5.91 Å². The molecule has 0 saturated heterocycles. The molecule has 0 aliphatic heterocycles. The summed E-state index contributed by atoms with van der Waals surface area (Å²) in [5.74, 6) is -0.144. The average Bonchev–Trinajstić information content (AvgIpc) is 3.05. The normalized spacial score (nSPS) is 10.8. The maximum Gasteiger partial charge on any atom is 0.255 e. The number of benzene rings is 2. The molecule has 4 aromatic rings. The monoisotopic (exact) mass is 405 g/mol. The number of imidazole rings is 1. The molecule has 2 aromatic heterocycles. The largest absolute Gasteiger partial charge is 0.322 e. The van der Waals surface area contributed by atoms with Gasteiger partial charge < -0.3 is 9.72 Å². The number of hydrogen-bond donors (Lipinski definition) is 1. The number of nitrogens with zero attached hydrogens (tertiary/aromatic N) is 2. The molecule has 2 aromatic carbocycles. The van der Waals surface area contributed by atoms with Crippen LogP contribution in [0.2, 0.25) is 0 Å². The van der Waals surface area contributed by atoms with Gasteiger partial charge in [-0.05, 0) is 55.0 Å². The molecule has 26 heavy (non-hydrogen) atoms. The molecule has 1 N–H and O–H groups in total. The summed E-state index contributed by atoms with van der Waals surface area (Å²) in [6.07, 6.45) is 3.99. The van der Waals surface area contributed by atoms with Gasteiger partial charge in [-0.25, -0.2) is 4.98 Å². The Hall–Kier alpha value is -2.92. The Kier molecular flexibility index (Phi) is 4.31. The fraction of sp³-hybridized carbons (Fsp3) is 0.0476. The van der Waals surface area contributed by atoms with E-state index in [9.17, 15) is 4.79 Å². The Balaban J connectivity index is 1.62. The summed E-state index contributed by atoms with van der Waals surface area (Å²) in [5.41, 5.74) is 5.24. The van der Waals surface area contributed by atoms with Crippen LogP contribution in [0.15, 0.2) is 77.5 Å². The number of carbonyl (C=O) groups excluding carboxylic acids is 1. The van der Waals surface area contributed by atoms with Crippen molar-refractivity contribution in [2.75, 3.05) is 5.32 Å². The Labute approximate surface area is 159 Å². The van der Waals surface area contributed by atoms with Gasteiger partial charge in [-0.3, -0.25) is 4.79 Å².